The van der Waals surface area contributed by atoms with Crippen LogP contribution in [-0.4, -0.2) is 30.9 Å². The number of ether oxygens (including phenoxy) is 1. The van der Waals surface area contributed by atoms with Crippen molar-refractivity contribution in [2.75, 3.05) is 18.0 Å². The molecule has 1 aromatic carbocycles. The number of carbonyl (C=O) groups is 3. The van der Waals surface area contributed by atoms with E-state index in [-0.39, 0.29) is 24.2 Å². The van der Waals surface area contributed by atoms with Gasteiger partial charge in [0.25, 0.3) is 0 Å². The highest BCUT2D eigenvalue weighted by Gasteiger charge is 2.22. The number of hydrogen-bond acceptors (Lipinski definition) is 4. The van der Waals surface area contributed by atoms with Crippen LogP contribution in [0.5, 0.6) is 5.75 Å². The van der Waals surface area contributed by atoms with E-state index in [0.29, 0.717) is 25.1 Å². The minimum atomic E-state index is -0.432. The number of hydrogen-bond donors (Lipinski definition) is 1. The zero-order valence-corrected chi connectivity index (χ0v) is 15.1. The zero-order valence-electron chi connectivity index (χ0n) is 15.1. The van der Waals surface area contributed by atoms with E-state index in [1.165, 1.54) is 0 Å². The van der Waals surface area contributed by atoms with E-state index in [4.69, 9.17) is 4.74 Å². The molecule has 6 heteroatoms. The van der Waals surface area contributed by atoms with Crippen molar-refractivity contribution in [3.8, 4) is 5.75 Å². The van der Waals surface area contributed by atoms with Crippen LogP contribution in [0.25, 0.3) is 0 Å². The average molecular weight is 346 g/mol. The first-order valence-electron chi connectivity index (χ1n) is 8.67. The number of anilines is 1. The van der Waals surface area contributed by atoms with Crippen LogP contribution in [-0.2, 0) is 14.4 Å². The molecule has 2 amide bonds. The lowest BCUT2D eigenvalue weighted by atomic mass is 9.96. The Bertz CT molecular complexity index is 632. The molecular weight excluding hydrogens is 320 g/mol. The van der Waals surface area contributed by atoms with Crippen molar-refractivity contribution in [3.63, 3.8) is 0 Å². The van der Waals surface area contributed by atoms with Gasteiger partial charge in [-0.15, -0.1) is 0 Å². The molecule has 1 fully saturated rings. The van der Waals surface area contributed by atoms with Gasteiger partial charge in [-0.05, 0) is 37.1 Å². The van der Waals surface area contributed by atoms with Crippen LogP contribution in [0.2, 0.25) is 0 Å². The molecule has 1 aliphatic heterocycles. The summed E-state index contributed by atoms with van der Waals surface area (Å²) in [6, 6.07) is 6.96. The number of carbonyl (C=O) groups excluding carboxylic acids is 3. The Hall–Kier alpha value is -2.37. The van der Waals surface area contributed by atoms with Crippen LogP contribution in [0.15, 0.2) is 24.3 Å². The highest BCUT2D eigenvalue weighted by Crippen LogP contribution is 2.24. The van der Waals surface area contributed by atoms with Crippen LogP contribution in [0.4, 0.5) is 5.69 Å². The summed E-state index contributed by atoms with van der Waals surface area (Å²) < 4.78 is 5.28. The van der Waals surface area contributed by atoms with E-state index in [0.717, 1.165) is 18.7 Å². The molecule has 136 valence electrons. The lowest BCUT2D eigenvalue weighted by molar-refractivity contribution is -0.135. The SMILES string of the molecule is CC(C)(C)C(=O)NCCCC(=O)Oc1ccc(N2CCCC2=O)cc1. The Balaban J connectivity index is 1.73. The third-order valence-electron chi connectivity index (χ3n) is 3.98. The molecular formula is C19H26N2O4. The standard InChI is InChI=1S/C19H26N2O4/c1-19(2,3)18(24)20-12-4-7-17(23)25-15-10-8-14(9-11-15)21-13-5-6-16(21)22/h8-11H,4-7,12-13H2,1-3H3,(H,20,24). The molecule has 0 atom stereocenters. The maximum atomic E-state index is 11.8. The molecule has 0 bridgehead atoms. The Labute approximate surface area is 148 Å². The summed E-state index contributed by atoms with van der Waals surface area (Å²) in [5.41, 5.74) is 0.395. The summed E-state index contributed by atoms with van der Waals surface area (Å²) >= 11 is 0. The molecule has 2 rings (SSSR count). The fourth-order valence-corrected chi connectivity index (χ4v) is 2.50. The molecule has 0 radical (unpaired) electrons. The molecule has 0 aromatic heterocycles. The number of rotatable bonds is 6. The largest absolute Gasteiger partial charge is 0.427 e. The minimum Gasteiger partial charge on any atom is -0.427 e. The number of esters is 1. The average Bonchev–Trinajstić information content (AvgIpc) is 2.97. The van der Waals surface area contributed by atoms with Gasteiger partial charge in [-0.3, -0.25) is 14.4 Å². The number of amides is 2. The maximum absolute atomic E-state index is 11.8. The Morgan fingerprint density at radius 2 is 1.88 bits per heavy atom. The molecule has 1 saturated heterocycles. The molecule has 0 unspecified atom stereocenters. The Kier molecular flexibility index (Phi) is 6.17. The summed E-state index contributed by atoms with van der Waals surface area (Å²) in [5, 5.41) is 2.80. The van der Waals surface area contributed by atoms with Crippen molar-refractivity contribution >= 4 is 23.5 Å². The zero-order chi connectivity index (χ0) is 18.4. The van der Waals surface area contributed by atoms with Gasteiger partial charge in [0.15, 0.2) is 0 Å². The van der Waals surface area contributed by atoms with Gasteiger partial charge in [-0.1, -0.05) is 20.8 Å². The predicted molar refractivity (Wildman–Crippen MR) is 95.4 cm³/mol. The van der Waals surface area contributed by atoms with E-state index >= 15 is 0 Å². The minimum absolute atomic E-state index is 0.0343. The van der Waals surface area contributed by atoms with E-state index < -0.39 is 5.41 Å². The summed E-state index contributed by atoms with van der Waals surface area (Å²) in [6.45, 7) is 6.71. The van der Waals surface area contributed by atoms with Crippen molar-refractivity contribution in [3.05, 3.63) is 24.3 Å². The molecule has 6 nitrogen and oxygen atoms in total. The van der Waals surface area contributed by atoms with Crippen LogP contribution in [0.3, 0.4) is 0 Å². The summed E-state index contributed by atoms with van der Waals surface area (Å²) in [7, 11) is 0. The van der Waals surface area contributed by atoms with Gasteiger partial charge < -0.3 is 15.0 Å². The first kappa shape index (κ1) is 19.0. The molecule has 0 spiro atoms. The second kappa shape index (κ2) is 8.14. The van der Waals surface area contributed by atoms with Crippen LogP contribution in [0.1, 0.15) is 46.5 Å². The molecule has 1 heterocycles. The van der Waals surface area contributed by atoms with Gasteiger partial charge in [0.2, 0.25) is 11.8 Å². The Morgan fingerprint density at radius 1 is 1.20 bits per heavy atom. The summed E-state index contributed by atoms with van der Waals surface area (Å²) in [6.07, 6.45) is 2.22. The molecule has 1 aromatic rings. The third kappa shape index (κ3) is 5.59. The van der Waals surface area contributed by atoms with E-state index in [1.807, 2.05) is 20.8 Å². The molecule has 0 aliphatic carbocycles. The molecule has 25 heavy (non-hydrogen) atoms. The van der Waals surface area contributed by atoms with Crippen molar-refractivity contribution in [2.45, 2.75) is 46.5 Å². The molecule has 0 saturated carbocycles. The Morgan fingerprint density at radius 3 is 2.44 bits per heavy atom. The first-order valence-corrected chi connectivity index (χ1v) is 8.67. The van der Waals surface area contributed by atoms with Crippen molar-refractivity contribution in [2.24, 2.45) is 5.41 Å². The fourth-order valence-electron chi connectivity index (χ4n) is 2.50. The van der Waals surface area contributed by atoms with Crippen molar-refractivity contribution < 1.29 is 19.1 Å². The quantitative estimate of drug-likeness (QED) is 0.488. The van der Waals surface area contributed by atoms with Crippen molar-refractivity contribution in [1.82, 2.24) is 5.32 Å². The lowest BCUT2D eigenvalue weighted by Crippen LogP contribution is -2.35. The second-order valence-electron chi connectivity index (χ2n) is 7.23. The second-order valence-corrected chi connectivity index (χ2v) is 7.23. The maximum Gasteiger partial charge on any atom is 0.311 e. The topological polar surface area (TPSA) is 75.7 Å². The first-order chi connectivity index (χ1) is 11.8. The van der Waals surface area contributed by atoms with Gasteiger partial charge in [0.1, 0.15) is 5.75 Å². The van der Waals surface area contributed by atoms with Gasteiger partial charge in [0.05, 0.1) is 0 Å². The molecule has 1 N–H and O–H groups in total. The highest BCUT2D eigenvalue weighted by molar-refractivity contribution is 5.95. The monoisotopic (exact) mass is 346 g/mol. The van der Waals surface area contributed by atoms with E-state index in [1.54, 1.807) is 29.2 Å². The van der Waals surface area contributed by atoms with Crippen LogP contribution < -0.4 is 15.0 Å². The number of nitrogens with one attached hydrogen (secondary N) is 1. The lowest BCUT2D eigenvalue weighted by Gasteiger charge is -2.17. The summed E-state index contributed by atoms with van der Waals surface area (Å²) in [5.74, 6) is 0.212. The van der Waals surface area contributed by atoms with Crippen LogP contribution in [0, 0.1) is 5.41 Å². The van der Waals surface area contributed by atoms with Gasteiger partial charge in [0, 0.05) is 37.0 Å². The molecule has 1 aliphatic rings. The number of nitrogens with zero attached hydrogens (tertiary/aromatic N) is 1. The van der Waals surface area contributed by atoms with Crippen LogP contribution >= 0.6 is 0 Å². The highest BCUT2D eigenvalue weighted by atomic mass is 16.5. The summed E-state index contributed by atoms with van der Waals surface area (Å²) in [4.78, 5) is 37.0. The fraction of sp³-hybridized carbons (Fsp3) is 0.526. The number of benzene rings is 1. The van der Waals surface area contributed by atoms with E-state index in [9.17, 15) is 14.4 Å². The normalized spacial score (nSPS) is 14.5. The van der Waals surface area contributed by atoms with E-state index in [2.05, 4.69) is 5.32 Å². The van der Waals surface area contributed by atoms with Crippen molar-refractivity contribution in [1.29, 1.82) is 0 Å². The predicted octanol–water partition coefficient (Wildman–Crippen LogP) is 2.66. The van der Waals surface area contributed by atoms with Gasteiger partial charge >= 0.3 is 5.97 Å². The van der Waals surface area contributed by atoms with Gasteiger partial charge in [-0.25, -0.2) is 0 Å². The third-order valence-corrected chi connectivity index (χ3v) is 3.98. The van der Waals surface area contributed by atoms with Gasteiger partial charge in [-0.2, -0.15) is 0 Å². The smallest absolute Gasteiger partial charge is 0.311 e.